The van der Waals surface area contributed by atoms with Crippen molar-refractivity contribution >= 4 is 0 Å². The first-order valence-electron chi connectivity index (χ1n) is 6.73. The second kappa shape index (κ2) is 4.98. The maximum atomic E-state index is 14.1. The maximum Gasteiger partial charge on any atom is 0.296 e. The second-order valence-corrected chi connectivity index (χ2v) is 5.35. The number of halogens is 2. The molecule has 1 saturated carbocycles. The second-order valence-electron chi connectivity index (χ2n) is 5.35. The molecule has 106 valence electrons. The van der Waals surface area contributed by atoms with E-state index < -0.39 is 12.0 Å². The molecule has 1 atom stereocenters. The highest BCUT2D eigenvalue weighted by Crippen LogP contribution is 2.36. The minimum absolute atomic E-state index is 0.230. The van der Waals surface area contributed by atoms with Gasteiger partial charge in [-0.25, -0.2) is 13.8 Å². The molecule has 6 heteroatoms. The van der Waals surface area contributed by atoms with Crippen LogP contribution in [0.25, 0.3) is 0 Å². The van der Waals surface area contributed by atoms with Gasteiger partial charge in [0, 0.05) is 19.0 Å². The van der Waals surface area contributed by atoms with E-state index >= 15 is 0 Å². The standard InChI is InChI=1S/C14H15F2N3O/c15-14(16)9-19(11-2-3-11)6-5-13(14)20-12-4-1-10(7-17)18-8-12/h1,4,8,11,13H,2-3,5-6,9H2. The van der Waals surface area contributed by atoms with Crippen LogP contribution in [0, 0.1) is 11.3 Å². The molecule has 0 spiro atoms. The van der Waals surface area contributed by atoms with Crippen LogP contribution >= 0.6 is 0 Å². The summed E-state index contributed by atoms with van der Waals surface area (Å²) < 4.78 is 33.6. The number of aromatic nitrogens is 1. The lowest BCUT2D eigenvalue weighted by molar-refractivity contribution is -0.141. The molecule has 1 unspecified atom stereocenters. The van der Waals surface area contributed by atoms with Crippen molar-refractivity contribution in [1.82, 2.24) is 9.88 Å². The summed E-state index contributed by atoms with van der Waals surface area (Å²) in [7, 11) is 0. The van der Waals surface area contributed by atoms with Gasteiger partial charge in [-0.15, -0.1) is 0 Å². The topological polar surface area (TPSA) is 49.1 Å². The monoisotopic (exact) mass is 279 g/mol. The lowest BCUT2D eigenvalue weighted by Gasteiger charge is -2.38. The van der Waals surface area contributed by atoms with Crippen molar-refractivity contribution in [3.05, 3.63) is 24.0 Å². The van der Waals surface area contributed by atoms with Crippen molar-refractivity contribution in [3.8, 4) is 11.8 Å². The van der Waals surface area contributed by atoms with E-state index in [9.17, 15) is 8.78 Å². The van der Waals surface area contributed by atoms with Gasteiger partial charge in [0.05, 0.1) is 12.7 Å². The van der Waals surface area contributed by atoms with Crippen molar-refractivity contribution in [3.63, 3.8) is 0 Å². The summed E-state index contributed by atoms with van der Waals surface area (Å²) in [5.41, 5.74) is 0.243. The van der Waals surface area contributed by atoms with Gasteiger partial charge in [0.2, 0.25) is 0 Å². The summed E-state index contributed by atoms with van der Waals surface area (Å²) >= 11 is 0. The molecule has 20 heavy (non-hydrogen) atoms. The Labute approximate surface area is 116 Å². The molecule has 0 radical (unpaired) electrons. The Kier molecular flexibility index (Phi) is 3.30. The van der Waals surface area contributed by atoms with Gasteiger partial charge in [-0.05, 0) is 25.0 Å². The van der Waals surface area contributed by atoms with Gasteiger partial charge in [0.15, 0.2) is 6.10 Å². The van der Waals surface area contributed by atoms with Gasteiger partial charge >= 0.3 is 0 Å². The molecule has 2 heterocycles. The van der Waals surface area contributed by atoms with Gasteiger partial charge in [-0.1, -0.05) is 0 Å². The van der Waals surface area contributed by atoms with Gasteiger partial charge in [0.1, 0.15) is 17.5 Å². The zero-order chi connectivity index (χ0) is 14.2. The Balaban J connectivity index is 1.65. The first kappa shape index (κ1) is 13.3. The van der Waals surface area contributed by atoms with Crippen LogP contribution in [-0.4, -0.2) is 41.0 Å². The fraction of sp³-hybridized carbons (Fsp3) is 0.571. The smallest absolute Gasteiger partial charge is 0.296 e. The molecule has 0 aromatic carbocycles. The average Bonchev–Trinajstić information content (AvgIpc) is 3.26. The molecule has 2 fully saturated rings. The summed E-state index contributed by atoms with van der Waals surface area (Å²) in [4.78, 5) is 5.68. The predicted octanol–water partition coefficient (Wildman–Crippen LogP) is 2.20. The van der Waals surface area contributed by atoms with E-state index in [4.69, 9.17) is 10.00 Å². The molecule has 0 bridgehead atoms. The quantitative estimate of drug-likeness (QED) is 0.851. The zero-order valence-corrected chi connectivity index (χ0v) is 10.9. The van der Waals surface area contributed by atoms with E-state index in [0.29, 0.717) is 19.0 Å². The normalized spacial score (nSPS) is 25.9. The molecule has 1 aromatic heterocycles. The van der Waals surface area contributed by atoms with Crippen molar-refractivity contribution in [2.75, 3.05) is 13.1 Å². The van der Waals surface area contributed by atoms with Crippen molar-refractivity contribution < 1.29 is 13.5 Å². The number of hydrogen-bond donors (Lipinski definition) is 0. The summed E-state index contributed by atoms with van der Waals surface area (Å²) in [5.74, 6) is -2.57. The Morgan fingerprint density at radius 1 is 1.35 bits per heavy atom. The van der Waals surface area contributed by atoms with Crippen molar-refractivity contribution in [1.29, 1.82) is 5.26 Å². The molecule has 1 aliphatic heterocycles. The van der Waals surface area contributed by atoms with Crippen LogP contribution in [0.15, 0.2) is 18.3 Å². The number of alkyl halides is 2. The van der Waals surface area contributed by atoms with E-state index in [-0.39, 0.29) is 18.0 Å². The van der Waals surface area contributed by atoms with E-state index in [0.717, 1.165) is 12.8 Å². The third-order valence-corrected chi connectivity index (χ3v) is 3.76. The number of rotatable bonds is 3. The SMILES string of the molecule is N#Cc1ccc(OC2CCN(C3CC3)CC2(F)F)cn1. The fourth-order valence-electron chi connectivity index (χ4n) is 2.52. The van der Waals surface area contributed by atoms with Gasteiger partial charge in [0.25, 0.3) is 5.92 Å². The summed E-state index contributed by atoms with van der Waals surface area (Å²) in [6, 6.07) is 5.20. The lowest BCUT2D eigenvalue weighted by atomic mass is 10.0. The molecule has 1 aliphatic carbocycles. The van der Waals surface area contributed by atoms with E-state index in [1.807, 2.05) is 11.0 Å². The van der Waals surface area contributed by atoms with Crippen LogP contribution in [0.3, 0.4) is 0 Å². The molecule has 0 amide bonds. The number of hydrogen-bond acceptors (Lipinski definition) is 4. The van der Waals surface area contributed by atoms with Crippen LogP contribution < -0.4 is 4.74 Å². The van der Waals surface area contributed by atoms with Gasteiger partial charge in [-0.3, -0.25) is 4.90 Å². The largest absolute Gasteiger partial charge is 0.482 e. The molecule has 1 aromatic rings. The van der Waals surface area contributed by atoms with Crippen molar-refractivity contribution in [2.24, 2.45) is 0 Å². The van der Waals surface area contributed by atoms with Crippen LogP contribution in [0.4, 0.5) is 8.78 Å². The molecular weight excluding hydrogens is 264 g/mol. The first-order valence-corrected chi connectivity index (χ1v) is 6.73. The van der Waals surface area contributed by atoms with E-state index in [2.05, 4.69) is 4.98 Å². The number of ether oxygens (including phenoxy) is 1. The third-order valence-electron chi connectivity index (χ3n) is 3.76. The minimum atomic E-state index is -2.85. The predicted molar refractivity (Wildman–Crippen MR) is 67.5 cm³/mol. The Morgan fingerprint density at radius 3 is 2.70 bits per heavy atom. The highest BCUT2D eigenvalue weighted by molar-refractivity contribution is 5.26. The van der Waals surface area contributed by atoms with E-state index in [1.54, 1.807) is 0 Å². The lowest BCUT2D eigenvalue weighted by Crippen LogP contribution is -2.54. The minimum Gasteiger partial charge on any atom is -0.482 e. The number of likely N-dealkylation sites (tertiary alicyclic amines) is 1. The number of piperidine rings is 1. The highest BCUT2D eigenvalue weighted by atomic mass is 19.3. The number of nitriles is 1. The fourth-order valence-corrected chi connectivity index (χ4v) is 2.52. The Morgan fingerprint density at radius 2 is 2.15 bits per heavy atom. The number of nitrogens with zero attached hydrogens (tertiary/aromatic N) is 3. The summed E-state index contributed by atoms with van der Waals surface area (Å²) in [6.45, 7) is 0.417. The molecule has 0 N–H and O–H groups in total. The van der Waals surface area contributed by atoms with Gasteiger partial charge in [-0.2, -0.15) is 5.26 Å². The first-order chi connectivity index (χ1) is 9.58. The van der Waals surface area contributed by atoms with Crippen LogP contribution in [0.1, 0.15) is 25.0 Å². The van der Waals surface area contributed by atoms with Crippen molar-refractivity contribution in [2.45, 2.75) is 37.3 Å². The summed E-state index contributed by atoms with van der Waals surface area (Å²) in [6.07, 6.45) is 2.57. The Bertz CT molecular complexity index is 522. The Hall–Kier alpha value is -1.74. The molecule has 3 rings (SSSR count). The number of pyridine rings is 1. The van der Waals surface area contributed by atoms with Gasteiger partial charge < -0.3 is 4.74 Å². The summed E-state index contributed by atoms with van der Waals surface area (Å²) in [5, 5.41) is 8.64. The van der Waals surface area contributed by atoms with E-state index in [1.165, 1.54) is 18.3 Å². The van der Waals surface area contributed by atoms with Crippen LogP contribution in [0.2, 0.25) is 0 Å². The molecule has 1 saturated heterocycles. The van der Waals surface area contributed by atoms with Crippen LogP contribution in [-0.2, 0) is 0 Å². The maximum absolute atomic E-state index is 14.1. The zero-order valence-electron chi connectivity index (χ0n) is 10.9. The molecule has 4 nitrogen and oxygen atoms in total. The van der Waals surface area contributed by atoms with Crippen LogP contribution in [0.5, 0.6) is 5.75 Å². The molecular formula is C14H15F2N3O. The average molecular weight is 279 g/mol. The highest BCUT2D eigenvalue weighted by Gasteiger charge is 2.49. The molecule has 2 aliphatic rings. The third kappa shape index (κ3) is 2.73.